The van der Waals surface area contributed by atoms with Gasteiger partial charge in [-0.2, -0.15) is 0 Å². The Morgan fingerprint density at radius 2 is 2.21 bits per heavy atom. The first-order valence-electron chi connectivity index (χ1n) is 4.02. The van der Waals surface area contributed by atoms with E-state index in [1.807, 2.05) is 12.1 Å². The van der Waals surface area contributed by atoms with Gasteiger partial charge in [0.15, 0.2) is 0 Å². The molecule has 0 bridgehead atoms. The molecule has 1 unspecified atom stereocenters. The standard InChI is InChI=1S/C9H10BrClO2S/c10-4-3-7-1-2-8(6-14(12)13)9(11)5-7/h1-2,5H,3-4,6H2,(H,12,13)/p-1. The Balaban J connectivity index is 2.84. The van der Waals surface area contributed by atoms with E-state index in [9.17, 15) is 8.76 Å². The molecule has 0 radical (unpaired) electrons. The Morgan fingerprint density at radius 3 is 2.71 bits per heavy atom. The molecule has 0 saturated carbocycles. The molecule has 0 amide bonds. The second-order valence-electron chi connectivity index (χ2n) is 2.81. The van der Waals surface area contributed by atoms with Crippen LogP contribution < -0.4 is 0 Å². The second kappa shape index (κ2) is 5.85. The first-order valence-corrected chi connectivity index (χ1v) is 6.77. The monoisotopic (exact) mass is 295 g/mol. The van der Waals surface area contributed by atoms with Crippen LogP contribution in [-0.4, -0.2) is 14.1 Å². The topological polar surface area (TPSA) is 40.1 Å². The lowest BCUT2D eigenvalue weighted by Gasteiger charge is -2.08. The van der Waals surface area contributed by atoms with Crippen LogP contribution in [0, 0.1) is 0 Å². The molecule has 1 rings (SSSR count). The van der Waals surface area contributed by atoms with Crippen molar-refractivity contribution in [2.24, 2.45) is 0 Å². The summed E-state index contributed by atoms with van der Waals surface area (Å²) >= 11 is 7.17. The molecule has 0 aliphatic rings. The number of hydrogen-bond donors (Lipinski definition) is 0. The third-order valence-electron chi connectivity index (χ3n) is 1.77. The van der Waals surface area contributed by atoms with Crippen LogP contribution in [0.3, 0.4) is 0 Å². The van der Waals surface area contributed by atoms with Crippen molar-refractivity contribution in [3.8, 4) is 0 Å². The Morgan fingerprint density at radius 1 is 1.50 bits per heavy atom. The van der Waals surface area contributed by atoms with E-state index in [1.165, 1.54) is 0 Å². The molecule has 14 heavy (non-hydrogen) atoms. The summed E-state index contributed by atoms with van der Waals surface area (Å²) in [5, 5.41) is 1.39. The maximum Gasteiger partial charge on any atom is 0.0449 e. The first kappa shape index (κ1) is 12.2. The van der Waals surface area contributed by atoms with Crippen molar-refractivity contribution >= 4 is 38.6 Å². The van der Waals surface area contributed by atoms with E-state index in [4.69, 9.17) is 11.6 Å². The third kappa shape index (κ3) is 3.69. The molecule has 2 nitrogen and oxygen atoms in total. The van der Waals surface area contributed by atoms with E-state index in [-0.39, 0.29) is 5.75 Å². The fourth-order valence-electron chi connectivity index (χ4n) is 1.10. The summed E-state index contributed by atoms with van der Waals surface area (Å²) in [6.07, 6.45) is 0.889. The van der Waals surface area contributed by atoms with E-state index in [2.05, 4.69) is 15.9 Å². The normalized spacial score (nSPS) is 12.8. The summed E-state index contributed by atoms with van der Waals surface area (Å²) < 4.78 is 20.9. The highest BCUT2D eigenvalue weighted by Crippen LogP contribution is 2.19. The number of rotatable bonds is 4. The Labute approximate surface area is 99.1 Å². The molecule has 0 aliphatic heterocycles. The van der Waals surface area contributed by atoms with Crippen LogP contribution in [0.5, 0.6) is 0 Å². The average molecular weight is 297 g/mol. The lowest BCUT2D eigenvalue weighted by atomic mass is 10.1. The van der Waals surface area contributed by atoms with Gasteiger partial charge in [0.2, 0.25) is 0 Å². The summed E-state index contributed by atoms with van der Waals surface area (Å²) in [6.45, 7) is 0. The lowest BCUT2D eigenvalue weighted by molar-refractivity contribution is 0.536. The Hall–Kier alpha value is 0.1000. The minimum absolute atomic E-state index is 0.0204. The van der Waals surface area contributed by atoms with Crippen molar-refractivity contribution in [1.82, 2.24) is 0 Å². The molecular weight excluding hydrogens is 288 g/mol. The molecule has 0 fully saturated rings. The van der Waals surface area contributed by atoms with Crippen LogP contribution >= 0.6 is 27.5 Å². The molecule has 5 heteroatoms. The van der Waals surface area contributed by atoms with E-state index in [0.29, 0.717) is 10.6 Å². The highest BCUT2D eigenvalue weighted by Gasteiger charge is 2.01. The minimum Gasteiger partial charge on any atom is -0.772 e. The molecule has 1 atom stereocenters. The van der Waals surface area contributed by atoms with Crippen molar-refractivity contribution in [3.63, 3.8) is 0 Å². The predicted octanol–water partition coefficient (Wildman–Crippen LogP) is 2.66. The quantitative estimate of drug-likeness (QED) is 0.633. The fourth-order valence-corrected chi connectivity index (χ4v) is 2.41. The number of alkyl halides is 1. The van der Waals surface area contributed by atoms with Crippen molar-refractivity contribution in [2.45, 2.75) is 12.2 Å². The van der Waals surface area contributed by atoms with Crippen molar-refractivity contribution < 1.29 is 8.76 Å². The van der Waals surface area contributed by atoms with Crippen LogP contribution in [0.15, 0.2) is 18.2 Å². The fraction of sp³-hybridized carbons (Fsp3) is 0.333. The van der Waals surface area contributed by atoms with Gasteiger partial charge >= 0.3 is 0 Å². The largest absolute Gasteiger partial charge is 0.772 e. The van der Waals surface area contributed by atoms with Gasteiger partial charge in [-0.1, -0.05) is 50.7 Å². The summed E-state index contributed by atoms with van der Waals surface area (Å²) in [5.74, 6) is -0.0204. The van der Waals surface area contributed by atoms with Gasteiger partial charge in [0.25, 0.3) is 0 Å². The molecule has 0 saturated heterocycles. The zero-order valence-electron chi connectivity index (χ0n) is 7.33. The van der Waals surface area contributed by atoms with E-state index < -0.39 is 11.1 Å². The third-order valence-corrected chi connectivity index (χ3v) is 3.07. The maximum atomic E-state index is 10.5. The molecule has 0 aromatic heterocycles. The van der Waals surface area contributed by atoms with Gasteiger partial charge in [0, 0.05) is 16.1 Å². The molecule has 0 heterocycles. The highest BCUT2D eigenvalue weighted by molar-refractivity contribution is 9.09. The number of halogens is 2. The summed E-state index contributed by atoms with van der Waals surface area (Å²) in [7, 11) is 0. The first-order chi connectivity index (χ1) is 6.63. The lowest BCUT2D eigenvalue weighted by Crippen LogP contribution is -1.95. The molecule has 78 valence electrons. The van der Waals surface area contributed by atoms with Gasteiger partial charge in [0.05, 0.1) is 0 Å². The van der Waals surface area contributed by atoms with E-state index in [1.54, 1.807) is 6.07 Å². The van der Waals surface area contributed by atoms with Crippen molar-refractivity contribution in [2.75, 3.05) is 5.33 Å². The van der Waals surface area contributed by atoms with Crippen LogP contribution in [0.2, 0.25) is 5.02 Å². The predicted molar refractivity (Wildman–Crippen MR) is 61.6 cm³/mol. The summed E-state index contributed by atoms with van der Waals surface area (Å²) in [6, 6.07) is 5.47. The Kier molecular flexibility index (Phi) is 5.09. The van der Waals surface area contributed by atoms with Crippen molar-refractivity contribution in [1.29, 1.82) is 0 Å². The van der Waals surface area contributed by atoms with Crippen molar-refractivity contribution in [3.05, 3.63) is 34.3 Å². The van der Waals surface area contributed by atoms with Gasteiger partial charge in [-0.3, -0.25) is 4.21 Å². The summed E-state index contributed by atoms with van der Waals surface area (Å²) in [5.41, 5.74) is 1.76. The molecule has 0 aliphatic carbocycles. The highest BCUT2D eigenvalue weighted by atomic mass is 79.9. The van der Waals surface area contributed by atoms with Crippen LogP contribution in [0.4, 0.5) is 0 Å². The zero-order valence-corrected chi connectivity index (χ0v) is 10.5. The Bertz CT molecular complexity index is 344. The van der Waals surface area contributed by atoms with Gasteiger partial charge in [-0.05, 0) is 23.6 Å². The molecule has 0 spiro atoms. The second-order valence-corrected chi connectivity index (χ2v) is 4.91. The SMILES string of the molecule is O=S([O-])Cc1ccc(CCBr)cc1Cl. The maximum absolute atomic E-state index is 10.5. The van der Waals surface area contributed by atoms with Gasteiger partial charge in [0.1, 0.15) is 0 Å². The van der Waals surface area contributed by atoms with Crippen LogP contribution in [-0.2, 0) is 23.3 Å². The minimum atomic E-state index is -2.08. The molecule has 1 aromatic rings. The number of benzene rings is 1. The smallest absolute Gasteiger partial charge is 0.0449 e. The number of aryl methyl sites for hydroxylation is 1. The number of hydrogen-bond acceptors (Lipinski definition) is 2. The van der Waals surface area contributed by atoms with Gasteiger partial charge in [-0.25, -0.2) is 0 Å². The molecule has 0 N–H and O–H groups in total. The van der Waals surface area contributed by atoms with Gasteiger partial charge < -0.3 is 4.55 Å². The van der Waals surface area contributed by atoms with Crippen LogP contribution in [0.1, 0.15) is 11.1 Å². The summed E-state index contributed by atoms with van der Waals surface area (Å²) in [4.78, 5) is 0. The molecule has 1 aromatic carbocycles. The van der Waals surface area contributed by atoms with E-state index in [0.717, 1.165) is 17.3 Å². The molecular formula is C9H9BrClO2S-. The average Bonchev–Trinajstić information content (AvgIpc) is 2.10. The van der Waals surface area contributed by atoms with Gasteiger partial charge in [-0.15, -0.1) is 0 Å². The van der Waals surface area contributed by atoms with Crippen LogP contribution in [0.25, 0.3) is 0 Å². The van der Waals surface area contributed by atoms with E-state index >= 15 is 0 Å². The zero-order chi connectivity index (χ0) is 10.6.